The molecule has 2 aliphatic rings. The molecular weight excluding hydrogens is 415 g/mol. The Kier molecular flexibility index (Phi) is 6.15. The van der Waals surface area contributed by atoms with Gasteiger partial charge in [-0.05, 0) is 29.8 Å². The van der Waals surface area contributed by atoms with Gasteiger partial charge in [0.2, 0.25) is 0 Å². The Morgan fingerprint density at radius 3 is 2.66 bits per heavy atom. The molecule has 0 aliphatic carbocycles. The van der Waals surface area contributed by atoms with Crippen LogP contribution in [0.15, 0.2) is 30.3 Å². The molecule has 1 amide bonds. The highest BCUT2D eigenvalue weighted by molar-refractivity contribution is 6.38. The van der Waals surface area contributed by atoms with Crippen molar-refractivity contribution in [3.63, 3.8) is 0 Å². The summed E-state index contributed by atoms with van der Waals surface area (Å²) in [5, 5.41) is 0.890. The molecule has 0 unspecified atom stereocenters. The normalized spacial score (nSPS) is 16.8. The van der Waals surface area contributed by atoms with Crippen LogP contribution in [0.2, 0.25) is 10.0 Å². The fraction of sp³-hybridized carbons (Fsp3) is 0.381. The van der Waals surface area contributed by atoms with Crippen molar-refractivity contribution in [2.24, 2.45) is 0 Å². The Labute approximate surface area is 179 Å². The van der Waals surface area contributed by atoms with E-state index < -0.39 is 0 Å². The van der Waals surface area contributed by atoms with E-state index in [0.29, 0.717) is 40.3 Å². The molecule has 0 aromatic heterocycles. The molecule has 4 rings (SSSR count). The Morgan fingerprint density at radius 1 is 1.10 bits per heavy atom. The first-order valence-electron chi connectivity index (χ1n) is 9.47. The number of carbonyl (C=O) groups excluding carboxylic acids is 1. The second-order valence-corrected chi connectivity index (χ2v) is 7.79. The van der Waals surface area contributed by atoms with Crippen LogP contribution in [-0.4, -0.2) is 57.4 Å². The summed E-state index contributed by atoms with van der Waals surface area (Å²) in [5.41, 5.74) is 2.04. The van der Waals surface area contributed by atoms with Crippen LogP contribution < -0.4 is 14.4 Å². The Balaban J connectivity index is 1.50. The molecule has 154 valence electrons. The summed E-state index contributed by atoms with van der Waals surface area (Å²) < 4.78 is 16.8. The van der Waals surface area contributed by atoms with Gasteiger partial charge in [0.15, 0.2) is 11.5 Å². The van der Waals surface area contributed by atoms with E-state index in [9.17, 15) is 4.79 Å². The lowest BCUT2D eigenvalue weighted by Crippen LogP contribution is -2.38. The van der Waals surface area contributed by atoms with E-state index in [1.807, 2.05) is 18.2 Å². The van der Waals surface area contributed by atoms with Crippen molar-refractivity contribution in [1.82, 2.24) is 4.90 Å². The smallest absolute Gasteiger partial charge is 0.260 e. The van der Waals surface area contributed by atoms with Crippen molar-refractivity contribution >= 4 is 34.8 Å². The first-order chi connectivity index (χ1) is 14.1. The molecule has 0 spiro atoms. The third kappa shape index (κ3) is 4.31. The minimum absolute atomic E-state index is 0.147. The van der Waals surface area contributed by atoms with Gasteiger partial charge in [-0.1, -0.05) is 23.2 Å². The van der Waals surface area contributed by atoms with E-state index in [2.05, 4.69) is 4.90 Å². The number of rotatable bonds is 6. The monoisotopic (exact) mass is 436 g/mol. The van der Waals surface area contributed by atoms with Gasteiger partial charge in [0.05, 0.1) is 37.5 Å². The molecular formula is C21H22Cl2N2O4. The van der Waals surface area contributed by atoms with Gasteiger partial charge in [-0.2, -0.15) is 0 Å². The Bertz CT molecular complexity index is 916. The zero-order valence-electron chi connectivity index (χ0n) is 16.1. The van der Waals surface area contributed by atoms with Gasteiger partial charge in [-0.25, -0.2) is 0 Å². The van der Waals surface area contributed by atoms with Crippen LogP contribution in [0.5, 0.6) is 11.5 Å². The number of nitrogens with zero attached hydrogens (tertiary/aromatic N) is 2. The first kappa shape index (κ1) is 20.3. The highest BCUT2D eigenvalue weighted by Crippen LogP contribution is 2.38. The molecule has 29 heavy (non-hydrogen) atoms. The summed E-state index contributed by atoms with van der Waals surface area (Å²) >= 11 is 12.3. The van der Waals surface area contributed by atoms with Crippen LogP contribution in [0.4, 0.5) is 5.69 Å². The maximum atomic E-state index is 12.9. The molecule has 6 nitrogen and oxygen atoms in total. The van der Waals surface area contributed by atoms with Gasteiger partial charge in [0.1, 0.15) is 6.61 Å². The largest absolute Gasteiger partial charge is 0.493 e. The molecule has 0 saturated carbocycles. The lowest BCUT2D eigenvalue weighted by molar-refractivity contribution is 0.0321. The molecule has 0 N–H and O–H groups in total. The maximum absolute atomic E-state index is 12.9. The number of hydrogen-bond donors (Lipinski definition) is 0. The second kappa shape index (κ2) is 8.79. The van der Waals surface area contributed by atoms with Crippen LogP contribution in [0, 0.1) is 0 Å². The fourth-order valence-corrected chi connectivity index (χ4v) is 4.25. The molecule has 2 aromatic carbocycles. The van der Waals surface area contributed by atoms with Crippen LogP contribution in [0.1, 0.15) is 15.9 Å². The second-order valence-electron chi connectivity index (χ2n) is 6.95. The van der Waals surface area contributed by atoms with Gasteiger partial charge in [-0.15, -0.1) is 0 Å². The Morgan fingerprint density at radius 2 is 1.90 bits per heavy atom. The highest BCUT2D eigenvalue weighted by atomic mass is 35.5. The van der Waals surface area contributed by atoms with Gasteiger partial charge >= 0.3 is 0 Å². The topological polar surface area (TPSA) is 51.2 Å². The molecule has 0 atom stereocenters. The first-order valence-corrected chi connectivity index (χ1v) is 10.2. The molecule has 2 aromatic rings. The number of methoxy groups -OCH3 is 1. The number of halogens is 2. The summed E-state index contributed by atoms with van der Waals surface area (Å²) in [4.78, 5) is 16.9. The number of hydrogen-bond acceptors (Lipinski definition) is 5. The summed E-state index contributed by atoms with van der Waals surface area (Å²) in [6.07, 6.45) is 0. The zero-order valence-corrected chi connectivity index (χ0v) is 17.6. The minimum Gasteiger partial charge on any atom is -0.493 e. The lowest BCUT2D eigenvalue weighted by Gasteiger charge is -2.26. The molecule has 0 bridgehead atoms. The summed E-state index contributed by atoms with van der Waals surface area (Å²) in [7, 11) is 1.60. The van der Waals surface area contributed by atoms with Crippen LogP contribution in [-0.2, 0) is 11.3 Å². The standard InChI is InChI=1S/C21H22Cl2N2O4/c1-27-18-3-2-16(12-19(18)29-9-6-24-4-7-28-8-5-24)25-13-14-10-15(22)11-17(23)20(14)21(25)26/h2-3,10-12H,4-9,13H2,1H3. The third-order valence-corrected chi connectivity index (χ3v) is 5.67. The van der Waals surface area contributed by atoms with Crippen molar-refractivity contribution in [3.8, 4) is 11.5 Å². The van der Waals surface area contributed by atoms with Gasteiger partial charge in [-0.3, -0.25) is 9.69 Å². The third-order valence-electron chi connectivity index (χ3n) is 5.15. The van der Waals surface area contributed by atoms with Crippen LogP contribution in [0.25, 0.3) is 0 Å². The number of ether oxygens (including phenoxy) is 3. The van der Waals surface area contributed by atoms with E-state index in [0.717, 1.165) is 44.1 Å². The number of fused-ring (bicyclic) bond motifs is 1. The molecule has 8 heteroatoms. The van der Waals surface area contributed by atoms with Crippen molar-refractivity contribution in [2.45, 2.75) is 6.54 Å². The van der Waals surface area contributed by atoms with Crippen LogP contribution in [0.3, 0.4) is 0 Å². The van der Waals surface area contributed by atoms with Crippen LogP contribution >= 0.6 is 23.2 Å². The number of carbonyl (C=O) groups is 1. The van der Waals surface area contributed by atoms with Gasteiger partial charge < -0.3 is 19.1 Å². The predicted molar refractivity (Wildman–Crippen MR) is 113 cm³/mol. The van der Waals surface area contributed by atoms with E-state index in [-0.39, 0.29) is 5.91 Å². The van der Waals surface area contributed by atoms with Crippen molar-refractivity contribution < 1.29 is 19.0 Å². The maximum Gasteiger partial charge on any atom is 0.260 e. The molecule has 0 radical (unpaired) electrons. The minimum atomic E-state index is -0.147. The van der Waals surface area contributed by atoms with Crippen molar-refractivity contribution in [1.29, 1.82) is 0 Å². The molecule has 2 heterocycles. The average Bonchev–Trinajstić information content (AvgIpc) is 3.05. The number of amides is 1. The summed E-state index contributed by atoms with van der Waals surface area (Å²) in [6.45, 7) is 5.06. The Hall–Kier alpha value is -1.99. The molecule has 2 aliphatic heterocycles. The van der Waals surface area contributed by atoms with Crippen molar-refractivity contribution in [3.05, 3.63) is 51.5 Å². The quantitative estimate of drug-likeness (QED) is 0.687. The van der Waals surface area contributed by atoms with E-state index >= 15 is 0 Å². The zero-order chi connectivity index (χ0) is 20.4. The summed E-state index contributed by atoms with van der Waals surface area (Å²) in [6, 6.07) is 8.86. The van der Waals surface area contributed by atoms with Crippen molar-refractivity contribution in [2.75, 3.05) is 51.5 Å². The number of anilines is 1. The lowest BCUT2D eigenvalue weighted by atomic mass is 10.1. The van der Waals surface area contributed by atoms with Gasteiger partial charge in [0, 0.05) is 36.4 Å². The predicted octanol–water partition coefficient (Wildman–Crippen LogP) is 3.87. The fourth-order valence-electron chi connectivity index (χ4n) is 3.63. The average molecular weight is 437 g/mol. The van der Waals surface area contributed by atoms with E-state index in [1.54, 1.807) is 24.1 Å². The number of benzene rings is 2. The van der Waals surface area contributed by atoms with E-state index in [1.165, 1.54) is 0 Å². The molecule has 1 saturated heterocycles. The highest BCUT2D eigenvalue weighted by Gasteiger charge is 2.31. The molecule has 1 fully saturated rings. The summed E-state index contributed by atoms with van der Waals surface area (Å²) in [5.74, 6) is 1.08. The van der Waals surface area contributed by atoms with Gasteiger partial charge in [0.25, 0.3) is 5.91 Å². The van der Waals surface area contributed by atoms with E-state index in [4.69, 9.17) is 37.4 Å². The SMILES string of the molecule is COc1ccc(N2Cc3cc(Cl)cc(Cl)c3C2=O)cc1OCCN1CCOCC1. The number of morpholine rings is 1.